The van der Waals surface area contributed by atoms with Crippen LogP contribution in [0, 0.1) is 17.2 Å². The molecule has 0 bridgehead atoms. The van der Waals surface area contributed by atoms with Crippen molar-refractivity contribution < 1.29 is 9.59 Å². The lowest BCUT2D eigenvalue weighted by atomic mass is 10.2. The number of carbonyl (C=O) groups is 2. The van der Waals surface area contributed by atoms with E-state index < -0.39 is 11.8 Å². The van der Waals surface area contributed by atoms with Gasteiger partial charge in [0.2, 0.25) is 11.8 Å². The van der Waals surface area contributed by atoms with E-state index in [0.29, 0.717) is 13.1 Å². The molecule has 0 radical (unpaired) electrons. The molecule has 0 saturated carbocycles. The smallest absolute Gasteiger partial charge is 0.241 e. The van der Waals surface area contributed by atoms with Crippen molar-refractivity contribution >= 4 is 11.8 Å². The third-order valence-electron chi connectivity index (χ3n) is 2.12. The SMILES string of the molecule is CCN(CC)C(=O)CNC(=O)C(C)C#N. The van der Waals surface area contributed by atoms with Crippen LogP contribution in [0.1, 0.15) is 20.8 Å². The van der Waals surface area contributed by atoms with E-state index in [2.05, 4.69) is 5.32 Å². The number of likely N-dealkylation sites (N-methyl/N-ethyl adjacent to an activating group) is 1. The third kappa shape index (κ3) is 4.45. The molecule has 5 nitrogen and oxygen atoms in total. The summed E-state index contributed by atoms with van der Waals surface area (Å²) in [5.74, 6) is -1.24. The van der Waals surface area contributed by atoms with E-state index in [1.807, 2.05) is 19.9 Å². The summed E-state index contributed by atoms with van der Waals surface area (Å²) in [5, 5.41) is 10.9. The molecule has 15 heavy (non-hydrogen) atoms. The summed E-state index contributed by atoms with van der Waals surface area (Å²) in [4.78, 5) is 24.2. The molecule has 1 atom stereocenters. The molecule has 5 heteroatoms. The molecule has 2 amide bonds. The number of carbonyl (C=O) groups excluding carboxylic acids is 2. The Morgan fingerprint density at radius 3 is 2.33 bits per heavy atom. The Balaban J connectivity index is 4.01. The lowest BCUT2D eigenvalue weighted by Gasteiger charge is -2.18. The largest absolute Gasteiger partial charge is 0.346 e. The number of nitrogens with zero attached hydrogens (tertiary/aromatic N) is 2. The molecule has 0 aliphatic heterocycles. The Morgan fingerprint density at radius 2 is 1.93 bits per heavy atom. The first-order valence-corrected chi connectivity index (χ1v) is 5.01. The van der Waals surface area contributed by atoms with Crippen LogP contribution < -0.4 is 5.32 Å². The zero-order valence-corrected chi connectivity index (χ0v) is 9.41. The molecule has 1 N–H and O–H groups in total. The Labute approximate surface area is 90.0 Å². The van der Waals surface area contributed by atoms with Crippen molar-refractivity contribution in [2.24, 2.45) is 5.92 Å². The minimum Gasteiger partial charge on any atom is -0.346 e. The van der Waals surface area contributed by atoms with Crippen LogP contribution in [-0.2, 0) is 9.59 Å². The van der Waals surface area contributed by atoms with E-state index in [1.165, 1.54) is 6.92 Å². The minimum atomic E-state index is -0.713. The summed E-state index contributed by atoms with van der Waals surface area (Å²) >= 11 is 0. The molecule has 1 unspecified atom stereocenters. The number of hydrogen-bond donors (Lipinski definition) is 1. The second kappa shape index (κ2) is 6.82. The first-order chi connectivity index (χ1) is 7.06. The van der Waals surface area contributed by atoms with E-state index in [-0.39, 0.29) is 12.5 Å². The van der Waals surface area contributed by atoms with Gasteiger partial charge in [0.1, 0.15) is 5.92 Å². The normalized spacial score (nSPS) is 11.3. The summed E-state index contributed by atoms with van der Waals surface area (Å²) in [7, 11) is 0. The van der Waals surface area contributed by atoms with Crippen molar-refractivity contribution in [1.29, 1.82) is 5.26 Å². The molecule has 84 valence electrons. The Morgan fingerprint density at radius 1 is 1.40 bits per heavy atom. The standard InChI is InChI=1S/C10H17N3O2/c1-4-13(5-2)9(14)7-12-10(15)8(3)6-11/h8H,4-5,7H2,1-3H3,(H,12,15). The van der Waals surface area contributed by atoms with Crippen LogP contribution in [0.2, 0.25) is 0 Å². The predicted molar refractivity (Wildman–Crippen MR) is 55.7 cm³/mol. The van der Waals surface area contributed by atoms with Gasteiger partial charge in [-0.15, -0.1) is 0 Å². The molecule has 0 spiro atoms. The van der Waals surface area contributed by atoms with Crippen LogP contribution in [0.25, 0.3) is 0 Å². The van der Waals surface area contributed by atoms with E-state index in [1.54, 1.807) is 4.90 Å². The van der Waals surface area contributed by atoms with Crippen molar-refractivity contribution in [1.82, 2.24) is 10.2 Å². The monoisotopic (exact) mass is 211 g/mol. The number of amides is 2. The van der Waals surface area contributed by atoms with Crippen LogP contribution in [-0.4, -0.2) is 36.3 Å². The van der Waals surface area contributed by atoms with Crippen molar-refractivity contribution in [2.45, 2.75) is 20.8 Å². The lowest BCUT2D eigenvalue weighted by Crippen LogP contribution is -2.41. The second-order valence-electron chi connectivity index (χ2n) is 3.13. The molecule has 0 aliphatic rings. The van der Waals surface area contributed by atoms with Gasteiger partial charge in [-0.25, -0.2) is 0 Å². The fraction of sp³-hybridized carbons (Fsp3) is 0.700. The zero-order chi connectivity index (χ0) is 11.8. The number of rotatable bonds is 5. The predicted octanol–water partition coefficient (Wildman–Crippen LogP) is 0.131. The molecule has 0 aromatic carbocycles. The van der Waals surface area contributed by atoms with Gasteiger partial charge in [0.05, 0.1) is 12.6 Å². The first-order valence-electron chi connectivity index (χ1n) is 5.01. The number of nitrogens with one attached hydrogen (secondary N) is 1. The lowest BCUT2D eigenvalue weighted by molar-refractivity contribution is -0.133. The molecule has 0 heterocycles. The fourth-order valence-electron chi connectivity index (χ4n) is 1.06. The fourth-order valence-corrected chi connectivity index (χ4v) is 1.06. The molecule has 0 fully saturated rings. The highest BCUT2D eigenvalue weighted by Gasteiger charge is 2.14. The summed E-state index contributed by atoms with van der Waals surface area (Å²) in [6.07, 6.45) is 0. The van der Waals surface area contributed by atoms with Gasteiger partial charge >= 0.3 is 0 Å². The van der Waals surface area contributed by atoms with Gasteiger partial charge in [0, 0.05) is 13.1 Å². The average Bonchev–Trinajstić information content (AvgIpc) is 2.26. The van der Waals surface area contributed by atoms with Gasteiger partial charge in [-0.2, -0.15) is 5.26 Å². The highest BCUT2D eigenvalue weighted by atomic mass is 16.2. The van der Waals surface area contributed by atoms with Crippen molar-refractivity contribution in [3.8, 4) is 6.07 Å². The molecular weight excluding hydrogens is 194 g/mol. The van der Waals surface area contributed by atoms with E-state index in [9.17, 15) is 9.59 Å². The summed E-state index contributed by atoms with van der Waals surface area (Å²) < 4.78 is 0. The van der Waals surface area contributed by atoms with Crippen LogP contribution >= 0.6 is 0 Å². The molecule has 0 aliphatic carbocycles. The van der Waals surface area contributed by atoms with E-state index in [0.717, 1.165) is 0 Å². The van der Waals surface area contributed by atoms with Crippen LogP contribution in [0.4, 0.5) is 0 Å². The van der Waals surface area contributed by atoms with Gasteiger partial charge in [0.25, 0.3) is 0 Å². The van der Waals surface area contributed by atoms with Gasteiger partial charge < -0.3 is 10.2 Å². The first kappa shape index (κ1) is 13.4. The molecule has 0 aromatic heterocycles. The molecular formula is C10H17N3O2. The average molecular weight is 211 g/mol. The van der Waals surface area contributed by atoms with Crippen molar-refractivity contribution in [3.05, 3.63) is 0 Å². The number of nitriles is 1. The van der Waals surface area contributed by atoms with E-state index in [4.69, 9.17) is 5.26 Å². The second-order valence-corrected chi connectivity index (χ2v) is 3.13. The van der Waals surface area contributed by atoms with Crippen molar-refractivity contribution in [2.75, 3.05) is 19.6 Å². The quantitative estimate of drug-likeness (QED) is 0.702. The van der Waals surface area contributed by atoms with Crippen molar-refractivity contribution in [3.63, 3.8) is 0 Å². The maximum Gasteiger partial charge on any atom is 0.241 e. The summed E-state index contributed by atoms with van der Waals surface area (Å²) in [6, 6.07) is 1.81. The maximum atomic E-state index is 11.4. The summed E-state index contributed by atoms with van der Waals surface area (Å²) in [6.45, 7) is 6.46. The topological polar surface area (TPSA) is 73.2 Å². The highest BCUT2D eigenvalue weighted by Crippen LogP contribution is 1.92. The molecule has 0 saturated heterocycles. The van der Waals surface area contributed by atoms with Crippen LogP contribution in [0.5, 0.6) is 0 Å². The van der Waals surface area contributed by atoms with Crippen LogP contribution in [0.3, 0.4) is 0 Å². The van der Waals surface area contributed by atoms with E-state index >= 15 is 0 Å². The van der Waals surface area contributed by atoms with Gasteiger partial charge in [0.15, 0.2) is 0 Å². The van der Waals surface area contributed by atoms with Crippen LogP contribution in [0.15, 0.2) is 0 Å². The minimum absolute atomic E-state index is 0.0352. The highest BCUT2D eigenvalue weighted by molar-refractivity contribution is 5.86. The molecule has 0 aromatic rings. The van der Waals surface area contributed by atoms with Gasteiger partial charge in [-0.1, -0.05) is 0 Å². The van der Waals surface area contributed by atoms with Gasteiger partial charge in [-0.3, -0.25) is 9.59 Å². The Kier molecular flexibility index (Phi) is 6.11. The Bertz CT molecular complexity index is 266. The summed E-state index contributed by atoms with van der Waals surface area (Å²) in [5.41, 5.74) is 0. The Hall–Kier alpha value is -1.57. The third-order valence-corrected chi connectivity index (χ3v) is 2.12. The zero-order valence-electron chi connectivity index (χ0n) is 9.41. The molecule has 0 rings (SSSR count). The van der Waals surface area contributed by atoms with Gasteiger partial charge in [-0.05, 0) is 20.8 Å². The maximum absolute atomic E-state index is 11.4. The number of hydrogen-bond acceptors (Lipinski definition) is 3.